The molecule has 0 saturated carbocycles. The molecule has 0 saturated heterocycles. The molecule has 2 atom stereocenters. The van der Waals surface area contributed by atoms with E-state index in [2.05, 4.69) is 0 Å². The minimum atomic E-state index is -0.974. The maximum absolute atomic E-state index is 12.4. The number of carbonyl (C=O) groups excluding carboxylic acids is 1. The number of carboxylic acids is 1. The van der Waals surface area contributed by atoms with Gasteiger partial charge < -0.3 is 15.6 Å². The molecule has 116 valence electrons. The van der Waals surface area contributed by atoms with E-state index < -0.39 is 23.5 Å². The van der Waals surface area contributed by atoms with Crippen molar-refractivity contribution in [2.45, 2.75) is 51.2 Å². The van der Waals surface area contributed by atoms with Gasteiger partial charge >= 0.3 is 11.9 Å². The van der Waals surface area contributed by atoms with Crippen molar-refractivity contribution in [3.05, 3.63) is 35.9 Å². The zero-order valence-corrected chi connectivity index (χ0v) is 12.7. The van der Waals surface area contributed by atoms with Crippen LogP contribution in [-0.2, 0) is 14.3 Å². The van der Waals surface area contributed by atoms with E-state index >= 15 is 0 Å². The number of carbonyl (C=O) groups is 2. The van der Waals surface area contributed by atoms with Crippen molar-refractivity contribution < 1.29 is 19.4 Å². The summed E-state index contributed by atoms with van der Waals surface area (Å²) in [4.78, 5) is 23.1. The van der Waals surface area contributed by atoms with Crippen LogP contribution in [-0.4, -0.2) is 28.7 Å². The molecular weight excluding hydrogens is 270 g/mol. The first-order chi connectivity index (χ1) is 9.69. The summed E-state index contributed by atoms with van der Waals surface area (Å²) in [5.41, 5.74) is 6.01. The fraction of sp³-hybridized carbons (Fsp3) is 0.500. The number of esters is 1. The molecule has 0 aliphatic heterocycles. The molecule has 1 rings (SSSR count). The van der Waals surface area contributed by atoms with Gasteiger partial charge in [0.05, 0.1) is 12.3 Å². The van der Waals surface area contributed by atoms with E-state index in [4.69, 9.17) is 15.6 Å². The smallest absolute Gasteiger partial charge is 0.313 e. The van der Waals surface area contributed by atoms with E-state index in [-0.39, 0.29) is 18.8 Å². The van der Waals surface area contributed by atoms with Crippen molar-refractivity contribution in [1.29, 1.82) is 0 Å². The van der Waals surface area contributed by atoms with Crippen LogP contribution in [0.25, 0.3) is 0 Å². The van der Waals surface area contributed by atoms with Gasteiger partial charge in [-0.05, 0) is 32.8 Å². The minimum absolute atomic E-state index is 0.174. The van der Waals surface area contributed by atoms with Crippen molar-refractivity contribution in [2.24, 2.45) is 5.73 Å². The molecule has 0 heterocycles. The lowest BCUT2D eigenvalue weighted by molar-refractivity contribution is -0.157. The van der Waals surface area contributed by atoms with Crippen molar-refractivity contribution in [2.75, 3.05) is 0 Å². The van der Waals surface area contributed by atoms with E-state index in [0.29, 0.717) is 0 Å². The highest BCUT2D eigenvalue weighted by Gasteiger charge is 2.28. The van der Waals surface area contributed by atoms with Crippen LogP contribution in [0.1, 0.15) is 45.1 Å². The Labute approximate surface area is 125 Å². The summed E-state index contributed by atoms with van der Waals surface area (Å²) in [6.45, 7) is 5.39. The highest BCUT2D eigenvalue weighted by atomic mass is 16.6. The molecule has 0 aromatic heterocycles. The number of hydrogen-bond donors (Lipinski definition) is 2. The number of rotatable bonds is 6. The summed E-state index contributed by atoms with van der Waals surface area (Å²) in [6.07, 6.45) is 0.0668. The van der Waals surface area contributed by atoms with Gasteiger partial charge in [0.25, 0.3) is 0 Å². The van der Waals surface area contributed by atoms with Gasteiger partial charge in [-0.2, -0.15) is 0 Å². The van der Waals surface area contributed by atoms with Crippen LogP contribution in [0.4, 0.5) is 0 Å². The normalized spacial score (nSPS) is 14.3. The SMILES string of the molecule is CC(C)(C)OC(=O)C(C[C@@H](N)CC(=O)O)c1ccccc1. The van der Waals surface area contributed by atoms with Crippen molar-refractivity contribution in [1.82, 2.24) is 0 Å². The van der Waals surface area contributed by atoms with Crippen LogP contribution in [0.2, 0.25) is 0 Å². The number of hydrogen-bond acceptors (Lipinski definition) is 4. The fourth-order valence-corrected chi connectivity index (χ4v) is 2.04. The van der Waals surface area contributed by atoms with Gasteiger partial charge in [-0.25, -0.2) is 0 Å². The second-order valence-electron chi connectivity index (χ2n) is 6.09. The molecule has 0 amide bonds. The molecule has 0 aliphatic rings. The molecule has 0 bridgehead atoms. The third kappa shape index (κ3) is 6.40. The van der Waals surface area contributed by atoms with Gasteiger partial charge in [0.1, 0.15) is 5.60 Å². The third-order valence-corrected chi connectivity index (χ3v) is 2.87. The van der Waals surface area contributed by atoms with E-state index in [1.54, 1.807) is 20.8 Å². The molecule has 1 aromatic carbocycles. The van der Waals surface area contributed by atoms with Crippen LogP contribution in [0.15, 0.2) is 30.3 Å². The van der Waals surface area contributed by atoms with Crippen LogP contribution < -0.4 is 5.73 Å². The molecule has 1 unspecified atom stereocenters. The number of ether oxygens (including phenoxy) is 1. The first kappa shape index (κ1) is 17.2. The molecule has 0 fully saturated rings. The first-order valence-corrected chi connectivity index (χ1v) is 6.94. The number of carboxylic acid groups (broad SMARTS) is 1. The second kappa shape index (κ2) is 7.22. The summed E-state index contributed by atoms with van der Waals surface area (Å²) in [6, 6.07) is 8.56. The molecule has 0 spiro atoms. The predicted molar refractivity (Wildman–Crippen MR) is 79.9 cm³/mol. The zero-order chi connectivity index (χ0) is 16.0. The summed E-state index contributed by atoms with van der Waals surface area (Å²) in [5.74, 6) is -1.91. The Bertz CT molecular complexity index is 479. The number of aliphatic carboxylic acids is 1. The molecule has 21 heavy (non-hydrogen) atoms. The van der Waals surface area contributed by atoms with Gasteiger partial charge in [-0.3, -0.25) is 9.59 Å². The summed E-state index contributed by atoms with van der Waals surface area (Å²) in [7, 11) is 0. The Morgan fingerprint density at radius 1 is 1.24 bits per heavy atom. The van der Waals surface area contributed by atoms with Crippen molar-refractivity contribution in [3.63, 3.8) is 0 Å². The quantitative estimate of drug-likeness (QED) is 0.785. The fourth-order valence-electron chi connectivity index (χ4n) is 2.04. The Morgan fingerprint density at radius 2 is 1.81 bits per heavy atom. The maximum Gasteiger partial charge on any atom is 0.313 e. The average Bonchev–Trinajstić information content (AvgIpc) is 2.34. The van der Waals surface area contributed by atoms with Gasteiger partial charge in [0, 0.05) is 6.04 Å². The Morgan fingerprint density at radius 3 is 2.29 bits per heavy atom. The molecule has 3 N–H and O–H groups in total. The van der Waals surface area contributed by atoms with Crippen LogP contribution >= 0.6 is 0 Å². The van der Waals surface area contributed by atoms with E-state index in [0.717, 1.165) is 5.56 Å². The highest BCUT2D eigenvalue weighted by molar-refractivity contribution is 5.78. The van der Waals surface area contributed by atoms with Crippen LogP contribution in [0.5, 0.6) is 0 Å². The van der Waals surface area contributed by atoms with Gasteiger partial charge in [0.2, 0.25) is 0 Å². The topological polar surface area (TPSA) is 89.6 Å². The summed E-state index contributed by atoms with van der Waals surface area (Å²) < 4.78 is 5.42. The van der Waals surface area contributed by atoms with Gasteiger partial charge in [-0.15, -0.1) is 0 Å². The van der Waals surface area contributed by atoms with Crippen LogP contribution in [0, 0.1) is 0 Å². The minimum Gasteiger partial charge on any atom is -0.481 e. The second-order valence-corrected chi connectivity index (χ2v) is 6.09. The zero-order valence-electron chi connectivity index (χ0n) is 12.7. The van der Waals surface area contributed by atoms with Crippen molar-refractivity contribution >= 4 is 11.9 Å². The predicted octanol–water partition coefficient (Wildman–Crippen LogP) is 2.30. The molecule has 1 aromatic rings. The van der Waals surface area contributed by atoms with Crippen LogP contribution in [0.3, 0.4) is 0 Å². The molecular formula is C16H23NO4. The van der Waals surface area contributed by atoms with Gasteiger partial charge in [0.15, 0.2) is 0 Å². The first-order valence-electron chi connectivity index (χ1n) is 6.94. The molecule has 0 radical (unpaired) electrons. The average molecular weight is 293 g/mol. The third-order valence-electron chi connectivity index (χ3n) is 2.87. The maximum atomic E-state index is 12.4. The molecule has 0 aliphatic carbocycles. The monoisotopic (exact) mass is 293 g/mol. The Kier molecular flexibility index (Phi) is 5.90. The highest BCUT2D eigenvalue weighted by Crippen LogP contribution is 2.25. The Hall–Kier alpha value is -1.88. The summed E-state index contributed by atoms with van der Waals surface area (Å²) >= 11 is 0. The van der Waals surface area contributed by atoms with Gasteiger partial charge in [-0.1, -0.05) is 30.3 Å². The molecule has 5 nitrogen and oxygen atoms in total. The molecule has 5 heteroatoms. The lowest BCUT2D eigenvalue weighted by Crippen LogP contribution is -2.32. The largest absolute Gasteiger partial charge is 0.481 e. The summed E-state index contributed by atoms with van der Waals surface area (Å²) in [5, 5.41) is 8.80. The van der Waals surface area contributed by atoms with Crippen molar-refractivity contribution in [3.8, 4) is 0 Å². The van der Waals surface area contributed by atoms with E-state index in [9.17, 15) is 9.59 Å². The standard InChI is InChI=1S/C16H23NO4/c1-16(2,3)21-15(20)13(9-12(17)10-14(18)19)11-7-5-4-6-8-11/h4-8,12-13H,9-10,17H2,1-3H3,(H,18,19)/t12-,13?/m1/s1. The number of nitrogens with two attached hydrogens (primary N) is 1. The Balaban J connectivity index is 2.90. The lowest BCUT2D eigenvalue weighted by Gasteiger charge is -2.25. The van der Waals surface area contributed by atoms with E-state index in [1.807, 2.05) is 30.3 Å². The number of benzene rings is 1. The van der Waals surface area contributed by atoms with E-state index in [1.165, 1.54) is 0 Å². The lowest BCUT2D eigenvalue weighted by atomic mass is 9.91.